The third kappa shape index (κ3) is 3.59. The lowest BCUT2D eigenvalue weighted by Gasteiger charge is -2.16. The van der Waals surface area contributed by atoms with Crippen LogP contribution in [0.1, 0.15) is 4.88 Å². The first-order chi connectivity index (χ1) is 9.80. The van der Waals surface area contributed by atoms with Crippen molar-refractivity contribution < 1.29 is 13.3 Å². The number of sulfonamides is 1. The molecule has 0 aliphatic rings. The van der Waals surface area contributed by atoms with Crippen molar-refractivity contribution in [3.8, 4) is 0 Å². The summed E-state index contributed by atoms with van der Waals surface area (Å²) in [6.45, 7) is 0.191. The summed E-state index contributed by atoms with van der Waals surface area (Å²) < 4.78 is 26.5. The van der Waals surface area contributed by atoms with Crippen molar-refractivity contribution in [3.63, 3.8) is 0 Å². The van der Waals surface area contributed by atoms with Gasteiger partial charge in [0.25, 0.3) is 5.69 Å². The van der Waals surface area contributed by atoms with Gasteiger partial charge in [-0.15, -0.1) is 11.3 Å². The molecule has 0 unspecified atom stereocenters. The molecule has 1 aromatic heterocycles. The molecular formula is C12H11ClN2O4S2. The third-order valence-electron chi connectivity index (χ3n) is 2.76. The summed E-state index contributed by atoms with van der Waals surface area (Å²) >= 11 is 7.11. The normalized spacial score (nSPS) is 11.8. The van der Waals surface area contributed by atoms with Gasteiger partial charge in [-0.05, 0) is 24.3 Å². The Hall–Kier alpha value is -1.48. The maximum Gasteiger partial charge on any atom is 0.269 e. The molecule has 9 heteroatoms. The molecule has 2 aromatic rings. The molecule has 0 radical (unpaired) electrons. The Kier molecular flexibility index (Phi) is 4.62. The van der Waals surface area contributed by atoms with Gasteiger partial charge in [0.05, 0.1) is 14.2 Å². The zero-order chi connectivity index (χ0) is 15.6. The third-order valence-corrected chi connectivity index (χ3v) is 5.80. The minimum Gasteiger partial charge on any atom is -0.258 e. The van der Waals surface area contributed by atoms with Gasteiger partial charge >= 0.3 is 0 Å². The summed E-state index contributed by atoms with van der Waals surface area (Å²) in [6, 6.07) is 8.25. The molecule has 0 saturated carbocycles. The Balaban J connectivity index is 2.22. The van der Waals surface area contributed by atoms with Crippen LogP contribution in [0.2, 0.25) is 4.34 Å². The van der Waals surface area contributed by atoms with Gasteiger partial charge in [-0.3, -0.25) is 10.1 Å². The van der Waals surface area contributed by atoms with Crippen LogP contribution in [-0.2, 0) is 16.6 Å². The monoisotopic (exact) mass is 346 g/mol. The molecule has 6 nitrogen and oxygen atoms in total. The summed E-state index contributed by atoms with van der Waals surface area (Å²) in [4.78, 5) is 10.8. The lowest BCUT2D eigenvalue weighted by atomic mass is 10.3. The average Bonchev–Trinajstić information content (AvgIpc) is 2.84. The van der Waals surface area contributed by atoms with Gasteiger partial charge in [-0.2, -0.15) is 4.31 Å². The largest absolute Gasteiger partial charge is 0.269 e. The van der Waals surface area contributed by atoms with Crippen LogP contribution in [0.25, 0.3) is 0 Å². The fourth-order valence-electron chi connectivity index (χ4n) is 1.66. The second-order valence-electron chi connectivity index (χ2n) is 4.22. The van der Waals surface area contributed by atoms with Crippen LogP contribution in [0.15, 0.2) is 41.3 Å². The Morgan fingerprint density at radius 1 is 1.24 bits per heavy atom. The molecule has 1 heterocycles. The van der Waals surface area contributed by atoms with E-state index in [0.29, 0.717) is 4.34 Å². The Labute approximate surface area is 130 Å². The van der Waals surface area contributed by atoms with Crippen molar-refractivity contribution in [2.75, 3.05) is 7.05 Å². The molecule has 0 aliphatic carbocycles. The number of non-ortho nitro benzene ring substituents is 1. The first kappa shape index (κ1) is 15.9. The first-order valence-electron chi connectivity index (χ1n) is 5.76. The number of hydrogen-bond donors (Lipinski definition) is 0. The highest BCUT2D eigenvalue weighted by molar-refractivity contribution is 7.89. The van der Waals surface area contributed by atoms with E-state index in [-0.39, 0.29) is 17.1 Å². The molecule has 0 bridgehead atoms. The molecule has 0 atom stereocenters. The lowest BCUT2D eigenvalue weighted by Crippen LogP contribution is -2.26. The molecular weight excluding hydrogens is 336 g/mol. The number of thiophene rings is 1. The zero-order valence-electron chi connectivity index (χ0n) is 10.9. The topological polar surface area (TPSA) is 80.5 Å². The van der Waals surface area contributed by atoms with Gasteiger partial charge in [0.2, 0.25) is 10.0 Å². The minimum atomic E-state index is -3.70. The number of halogens is 1. The van der Waals surface area contributed by atoms with E-state index in [0.717, 1.165) is 4.88 Å². The number of hydrogen-bond acceptors (Lipinski definition) is 5. The van der Waals surface area contributed by atoms with Crippen molar-refractivity contribution in [2.45, 2.75) is 11.4 Å². The molecule has 2 rings (SSSR count). The highest BCUT2D eigenvalue weighted by Crippen LogP contribution is 2.25. The maximum atomic E-state index is 12.4. The van der Waals surface area contributed by atoms with Crippen molar-refractivity contribution in [1.29, 1.82) is 0 Å². The standard InChI is InChI=1S/C12H11ClN2O4S2/c1-14(8-10-4-7-12(13)20-10)21(18,19)11-5-2-9(3-6-11)15(16)17/h2-7H,8H2,1H3. The second kappa shape index (κ2) is 6.10. The van der Waals surface area contributed by atoms with E-state index in [2.05, 4.69) is 0 Å². The van der Waals surface area contributed by atoms with E-state index in [1.165, 1.54) is 47.0 Å². The molecule has 21 heavy (non-hydrogen) atoms. The predicted octanol–water partition coefficient (Wildman–Crippen LogP) is 3.13. The summed E-state index contributed by atoms with van der Waals surface area (Å²) in [5, 5.41) is 10.6. The Morgan fingerprint density at radius 3 is 2.33 bits per heavy atom. The van der Waals surface area contributed by atoms with Crippen LogP contribution < -0.4 is 0 Å². The summed E-state index contributed by atoms with van der Waals surface area (Å²) in [7, 11) is -2.25. The molecule has 0 saturated heterocycles. The molecule has 0 aliphatic heterocycles. The van der Waals surface area contributed by atoms with Gasteiger partial charge in [0.1, 0.15) is 0 Å². The van der Waals surface area contributed by atoms with E-state index in [1.54, 1.807) is 12.1 Å². The van der Waals surface area contributed by atoms with Gasteiger partial charge in [0.15, 0.2) is 0 Å². The Morgan fingerprint density at radius 2 is 1.86 bits per heavy atom. The summed E-state index contributed by atoms with van der Waals surface area (Å²) in [5.41, 5.74) is -0.151. The van der Waals surface area contributed by atoms with E-state index < -0.39 is 14.9 Å². The minimum absolute atomic E-state index is 0.0123. The summed E-state index contributed by atoms with van der Waals surface area (Å²) in [6.07, 6.45) is 0. The van der Waals surface area contributed by atoms with Gasteiger partial charge in [0, 0.05) is 30.6 Å². The Bertz CT molecular complexity index is 756. The van der Waals surface area contributed by atoms with Crippen LogP contribution >= 0.6 is 22.9 Å². The SMILES string of the molecule is CN(Cc1ccc(Cl)s1)S(=O)(=O)c1ccc([N+](=O)[O-])cc1. The fraction of sp³-hybridized carbons (Fsp3) is 0.167. The van der Waals surface area contributed by atoms with E-state index in [4.69, 9.17) is 11.6 Å². The van der Waals surface area contributed by atoms with E-state index in [9.17, 15) is 18.5 Å². The molecule has 0 N–H and O–H groups in total. The van der Waals surface area contributed by atoms with Crippen LogP contribution in [0.4, 0.5) is 5.69 Å². The van der Waals surface area contributed by atoms with E-state index >= 15 is 0 Å². The van der Waals surface area contributed by atoms with Crippen LogP contribution in [0, 0.1) is 10.1 Å². The van der Waals surface area contributed by atoms with Crippen LogP contribution in [0.3, 0.4) is 0 Å². The van der Waals surface area contributed by atoms with Gasteiger partial charge in [-0.25, -0.2) is 8.42 Å². The number of rotatable bonds is 5. The molecule has 0 spiro atoms. The van der Waals surface area contributed by atoms with E-state index in [1.807, 2.05) is 0 Å². The average molecular weight is 347 g/mol. The molecule has 112 valence electrons. The smallest absolute Gasteiger partial charge is 0.258 e. The molecule has 1 aromatic carbocycles. The van der Waals surface area contributed by atoms with Crippen molar-refractivity contribution in [3.05, 3.63) is 55.7 Å². The highest BCUT2D eigenvalue weighted by atomic mass is 35.5. The second-order valence-corrected chi connectivity index (χ2v) is 8.06. The number of nitro groups is 1. The van der Waals surface area contributed by atoms with Gasteiger partial charge < -0.3 is 0 Å². The highest BCUT2D eigenvalue weighted by Gasteiger charge is 2.22. The zero-order valence-corrected chi connectivity index (χ0v) is 13.3. The van der Waals surface area contributed by atoms with Crippen molar-refractivity contribution in [1.82, 2.24) is 4.31 Å². The van der Waals surface area contributed by atoms with Crippen LogP contribution in [0.5, 0.6) is 0 Å². The fourth-order valence-corrected chi connectivity index (χ4v) is 4.03. The predicted molar refractivity (Wildman–Crippen MR) is 81.1 cm³/mol. The first-order valence-corrected chi connectivity index (χ1v) is 8.39. The van der Waals surface area contributed by atoms with Crippen molar-refractivity contribution >= 4 is 38.6 Å². The van der Waals surface area contributed by atoms with Gasteiger partial charge in [-0.1, -0.05) is 11.6 Å². The van der Waals surface area contributed by atoms with Crippen molar-refractivity contribution in [2.24, 2.45) is 0 Å². The number of nitrogens with zero attached hydrogens (tertiary/aromatic N) is 2. The molecule has 0 amide bonds. The molecule has 0 fully saturated rings. The summed E-state index contributed by atoms with van der Waals surface area (Å²) in [5.74, 6) is 0. The number of nitro benzene ring substituents is 1. The quantitative estimate of drug-likeness (QED) is 0.615. The number of benzene rings is 1. The maximum absolute atomic E-state index is 12.4. The lowest BCUT2D eigenvalue weighted by molar-refractivity contribution is -0.384. The van der Waals surface area contributed by atoms with Crippen LogP contribution in [-0.4, -0.2) is 24.7 Å².